The summed E-state index contributed by atoms with van der Waals surface area (Å²) in [6, 6.07) is 7.75. The van der Waals surface area contributed by atoms with Crippen LogP contribution in [-0.2, 0) is 0 Å². The van der Waals surface area contributed by atoms with E-state index in [9.17, 15) is 0 Å². The van der Waals surface area contributed by atoms with Crippen LogP contribution in [0.4, 0.5) is 5.69 Å². The van der Waals surface area contributed by atoms with Gasteiger partial charge in [-0.1, -0.05) is 17.7 Å². The van der Waals surface area contributed by atoms with E-state index in [1.807, 2.05) is 24.3 Å². The van der Waals surface area contributed by atoms with E-state index in [-0.39, 0.29) is 5.54 Å². The maximum Gasteiger partial charge on any atom is 0.0426 e. The standard InChI is InChI=1S/C10H14ClN/c1-10(2,3)12-9-6-4-5-8(11)7-9/h4-7,12H,1-3H3. The molecule has 0 amide bonds. The highest BCUT2D eigenvalue weighted by molar-refractivity contribution is 6.30. The predicted molar refractivity (Wildman–Crippen MR) is 54.8 cm³/mol. The molecule has 0 aliphatic rings. The lowest BCUT2D eigenvalue weighted by Crippen LogP contribution is -2.25. The van der Waals surface area contributed by atoms with Crippen LogP contribution in [0.1, 0.15) is 20.8 Å². The fourth-order valence-electron chi connectivity index (χ4n) is 0.999. The van der Waals surface area contributed by atoms with Crippen molar-refractivity contribution in [2.75, 3.05) is 5.32 Å². The average Bonchev–Trinajstić information content (AvgIpc) is 1.82. The first-order valence-corrected chi connectivity index (χ1v) is 4.39. The SMILES string of the molecule is CC(C)(C)Nc1cccc(Cl)c1. The van der Waals surface area contributed by atoms with Crippen LogP contribution in [0.15, 0.2) is 24.3 Å². The molecule has 2 heteroatoms. The quantitative estimate of drug-likeness (QED) is 0.702. The van der Waals surface area contributed by atoms with Crippen molar-refractivity contribution in [3.63, 3.8) is 0 Å². The molecule has 0 saturated carbocycles. The molecule has 1 N–H and O–H groups in total. The number of hydrogen-bond acceptors (Lipinski definition) is 1. The van der Waals surface area contributed by atoms with E-state index in [2.05, 4.69) is 26.1 Å². The minimum atomic E-state index is 0.0880. The van der Waals surface area contributed by atoms with Crippen LogP contribution in [0.2, 0.25) is 5.02 Å². The van der Waals surface area contributed by atoms with E-state index in [4.69, 9.17) is 11.6 Å². The maximum absolute atomic E-state index is 5.83. The highest BCUT2D eigenvalue weighted by atomic mass is 35.5. The summed E-state index contributed by atoms with van der Waals surface area (Å²) >= 11 is 5.83. The van der Waals surface area contributed by atoms with Gasteiger partial charge in [-0.25, -0.2) is 0 Å². The molecule has 0 heterocycles. The molecule has 0 aliphatic carbocycles. The topological polar surface area (TPSA) is 12.0 Å². The highest BCUT2D eigenvalue weighted by Crippen LogP contribution is 2.18. The van der Waals surface area contributed by atoms with Gasteiger partial charge in [-0.2, -0.15) is 0 Å². The molecule has 0 aliphatic heterocycles. The Morgan fingerprint density at radius 2 is 1.92 bits per heavy atom. The third-order valence-corrected chi connectivity index (χ3v) is 1.58. The second-order valence-electron chi connectivity index (χ2n) is 3.89. The molecule has 0 atom stereocenters. The lowest BCUT2D eigenvalue weighted by molar-refractivity contribution is 0.634. The number of nitrogens with one attached hydrogen (secondary N) is 1. The van der Waals surface area contributed by atoms with Crippen LogP contribution < -0.4 is 5.32 Å². The van der Waals surface area contributed by atoms with E-state index >= 15 is 0 Å². The van der Waals surface area contributed by atoms with Crippen molar-refractivity contribution in [1.29, 1.82) is 0 Å². The van der Waals surface area contributed by atoms with Crippen molar-refractivity contribution in [3.05, 3.63) is 29.3 Å². The number of halogens is 1. The molecule has 0 radical (unpaired) electrons. The molecule has 0 saturated heterocycles. The van der Waals surface area contributed by atoms with Crippen LogP contribution in [0, 0.1) is 0 Å². The van der Waals surface area contributed by atoms with E-state index in [1.165, 1.54) is 0 Å². The lowest BCUT2D eigenvalue weighted by atomic mass is 10.1. The summed E-state index contributed by atoms with van der Waals surface area (Å²) < 4.78 is 0. The molecule has 1 aromatic carbocycles. The van der Waals surface area contributed by atoms with E-state index < -0.39 is 0 Å². The second-order valence-corrected chi connectivity index (χ2v) is 4.32. The van der Waals surface area contributed by atoms with Gasteiger partial charge in [0.25, 0.3) is 0 Å². The van der Waals surface area contributed by atoms with E-state index in [1.54, 1.807) is 0 Å². The van der Waals surface area contributed by atoms with Gasteiger partial charge in [0.2, 0.25) is 0 Å². The van der Waals surface area contributed by atoms with Crippen molar-refractivity contribution < 1.29 is 0 Å². The van der Waals surface area contributed by atoms with Crippen LogP contribution in [-0.4, -0.2) is 5.54 Å². The molecule has 0 bridgehead atoms. The van der Waals surface area contributed by atoms with Gasteiger partial charge in [0.1, 0.15) is 0 Å². The van der Waals surface area contributed by atoms with Crippen molar-refractivity contribution >= 4 is 17.3 Å². The molecular formula is C10H14ClN. The molecule has 12 heavy (non-hydrogen) atoms. The van der Waals surface area contributed by atoms with Crippen LogP contribution >= 0.6 is 11.6 Å². The monoisotopic (exact) mass is 183 g/mol. The molecule has 0 spiro atoms. The predicted octanol–water partition coefficient (Wildman–Crippen LogP) is 3.55. The molecular weight excluding hydrogens is 170 g/mol. The first-order chi connectivity index (χ1) is 5.47. The normalized spacial score (nSPS) is 11.3. The summed E-state index contributed by atoms with van der Waals surface area (Å²) in [6.07, 6.45) is 0. The number of hydrogen-bond donors (Lipinski definition) is 1. The summed E-state index contributed by atoms with van der Waals surface area (Å²) in [4.78, 5) is 0. The molecule has 66 valence electrons. The zero-order chi connectivity index (χ0) is 9.19. The fraction of sp³-hybridized carbons (Fsp3) is 0.400. The molecule has 0 aromatic heterocycles. The summed E-state index contributed by atoms with van der Waals surface area (Å²) in [5.41, 5.74) is 1.15. The summed E-state index contributed by atoms with van der Waals surface area (Å²) in [7, 11) is 0. The first-order valence-electron chi connectivity index (χ1n) is 4.01. The average molecular weight is 184 g/mol. The van der Waals surface area contributed by atoms with E-state index in [0.717, 1.165) is 10.7 Å². The zero-order valence-electron chi connectivity index (χ0n) is 7.69. The zero-order valence-corrected chi connectivity index (χ0v) is 8.44. The van der Waals surface area contributed by atoms with Crippen LogP contribution in [0.25, 0.3) is 0 Å². The van der Waals surface area contributed by atoms with Gasteiger partial charge in [-0.3, -0.25) is 0 Å². The molecule has 0 fully saturated rings. The number of benzene rings is 1. The third kappa shape index (κ3) is 3.14. The van der Waals surface area contributed by atoms with E-state index in [0.29, 0.717) is 0 Å². The summed E-state index contributed by atoms with van der Waals surface area (Å²) in [5, 5.41) is 4.11. The number of anilines is 1. The first kappa shape index (κ1) is 9.40. The lowest BCUT2D eigenvalue weighted by Gasteiger charge is -2.22. The second kappa shape index (κ2) is 3.36. The highest BCUT2D eigenvalue weighted by Gasteiger charge is 2.08. The van der Waals surface area contributed by atoms with Gasteiger partial charge in [-0.05, 0) is 39.0 Å². The Hall–Kier alpha value is -0.690. The fourth-order valence-corrected chi connectivity index (χ4v) is 1.19. The maximum atomic E-state index is 5.83. The van der Waals surface area contributed by atoms with Gasteiger partial charge < -0.3 is 5.32 Å². The largest absolute Gasteiger partial charge is 0.380 e. The Morgan fingerprint density at radius 3 is 2.42 bits per heavy atom. The number of rotatable bonds is 1. The van der Waals surface area contributed by atoms with Gasteiger partial charge in [0.15, 0.2) is 0 Å². The third-order valence-electron chi connectivity index (χ3n) is 1.34. The Balaban J connectivity index is 2.77. The Morgan fingerprint density at radius 1 is 1.25 bits per heavy atom. The molecule has 1 aromatic rings. The van der Waals surface area contributed by atoms with Gasteiger partial charge in [0.05, 0.1) is 0 Å². The van der Waals surface area contributed by atoms with Crippen LogP contribution in [0.3, 0.4) is 0 Å². The Kier molecular flexibility index (Phi) is 2.63. The Labute approximate surface area is 78.7 Å². The van der Waals surface area contributed by atoms with Gasteiger partial charge in [0, 0.05) is 16.2 Å². The Bertz CT molecular complexity index is 263. The minimum Gasteiger partial charge on any atom is -0.380 e. The van der Waals surface area contributed by atoms with Gasteiger partial charge >= 0.3 is 0 Å². The summed E-state index contributed by atoms with van der Waals surface area (Å²) in [6.45, 7) is 6.36. The summed E-state index contributed by atoms with van der Waals surface area (Å²) in [5.74, 6) is 0. The minimum absolute atomic E-state index is 0.0880. The smallest absolute Gasteiger partial charge is 0.0426 e. The van der Waals surface area contributed by atoms with Gasteiger partial charge in [-0.15, -0.1) is 0 Å². The van der Waals surface area contributed by atoms with Crippen molar-refractivity contribution in [2.45, 2.75) is 26.3 Å². The van der Waals surface area contributed by atoms with Crippen molar-refractivity contribution in [3.8, 4) is 0 Å². The van der Waals surface area contributed by atoms with Crippen LogP contribution in [0.5, 0.6) is 0 Å². The molecule has 1 rings (SSSR count). The van der Waals surface area contributed by atoms with Crippen molar-refractivity contribution in [1.82, 2.24) is 0 Å². The molecule has 1 nitrogen and oxygen atoms in total. The molecule has 0 unspecified atom stereocenters. The van der Waals surface area contributed by atoms with Crippen molar-refractivity contribution in [2.24, 2.45) is 0 Å².